The Morgan fingerprint density at radius 1 is 1.50 bits per heavy atom. The zero-order valence-electron chi connectivity index (χ0n) is 10.1. The molecule has 0 spiro atoms. The minimum Gasteiger partial charge on any atom is -0.454 e. The van der Waals surface area contributed by atoms with Crippen molar-refractivity contribution in [2.45, 2.75) is 25.8 Å². The van der Waals surface area contributed by atoms with Crippen molar-refractivity contribution in [3.05, 3.63) is 23.8 Å². The van der Waals surface area contributed by atoms with Crippen LogP contribution in [0.4, 0.5) is 0 Å². The van der Waals surface area contributed by atoms with E-state index in [-0.39, 0.29) is 6.04 Å². The molecule has 1 aromatic rings. The number of hydrogen-bond acceptors (Lipinski definition) is 3. The Kier molecular flexibility index (Phi) is 1.97. The van der Waals surface area contributed by atoms with Crippen molar-refractivity contribution in [2.24, 2.45) is 5.73 Å². The lowest BCUT2D eigenvalue weighted by atomic mass is 10.0. The van der Waals surface area contributed by atoms with Crippen LogP contribution in [0, 0.1) is 0 Å². The van der Waals surface area contributed by atoms with E-state index in [4.69, 9.17) is 17.9 Å². The molecule has 76 valence electrons. The fourth-order valence-electron chi connectivity index (χ4n) is 1.40. The van der Waals surface area contributed by atoms with E-state index in [1.54, 1.807) is 12.1 Å². The van der Waals surface area contributed by atoms with E-state index in [0.717, 1.165) is 18.4 Å². The van der Waals surface area contributed by atoms with E-state index in [1.807, 2.05) is 13.0 Å². The Morgan fingerprint density at radius 2 is 2.29 bits per heavy atom. The van der Waals surface area contributed by atoms with Crippen LogP contribution >= 0.6 is 0 Å². The van der Waals surface area contributed by atoms with Crippen LogP contribution in [0.2, 0.25) is 0 Å². The number of hydrogen-bond donors (Lipinski definition) is 1. The number of rotatable bonds is 3. The Hall–Kier alpha value is -1.22. The third-order valence-corrected chi connectivity index (χ3v) is 2.33. The number of fused-ring (bicyclic) bond motifs is 1. The van der Waals surface area contributed by atoms with Crippen LogP contribution in [0.3, 0.4) is 0 Å². The number of ether oxygens (including phenoxy) is 2. The van der Waals surface area contributed by atoms with E-state index in [2.05, 4.69) is 0 Å². The molecule has 0 aromatic heterocycles. The second kappa shape index (κ2) is 3.88. The normalized spacial score (nSPS) is 21.3. The Bertz CT molecular complexity index is 396. The van der Waals surface area contributed by atoms with Gasteiger partial charge in [-0.1, -0.05) is 13.0 Å². The van der Waals surface area contributed by atoms with Gasteiger partial charge >= 0.3 is 0 Å². The van der Waals surface area contributed by atoms with Crippen molar-refractivity contribution in [1.82, 2.24) is 0 Å². The summed E-state index contributed by atoms with van der Waals surface area (Å²) in [6, 6.07) is 5.52. The fourth-order valence-corrected chi connectivity index (χ4v) is 1.40. The molecule has 1 unspecified atom stereocenters. The largest absolute Gasteiger partial charge is 0.454 e. The lowest BCUT2D eigenvalue weighted by Gasteiger charge is -2.08. The van der Waals surface area contributed by atoms with Crippen LogP contribution in [0.1, 0.15) is 21.6 Å². The van der Waals surface area contributed by atoms with Crippen molar-refractivity contribution >= 4 is 0 Å². The highest BCUT2D eigenvalue weighted by Gasteiger charge is 2.13. The number of nitrogens with two attached hydrogens (primary N) is 1. The van der Waals surface area contributed by atoms with Gasteiger partial charge in [0.1, 0.15) is 2.74 Å². The minimum absolute atomic E-state index is 0.122. The molecule has 1 heterocycles. The van der Waals surface area contributed by atoms with Crippen molar-refractivity contribution < 1.29 is 12.2 Å². The highest BCUT2D eigenvalue weighted by molar-refractivity contribution is 5.44. The SMILES string of the molecule is [2H]C1([2H])Oc2ccc(CC(N)CC)cc2O1. The smallest absolute Gasteiger partial charge is 0.231 e. The van der Waals surface area contributed by atoms with Gasteiger partial charge in [0, 0.05) is 6.04 Å². The summed E-state index contributed by atoms with van der Waals surface area (Å²) in [4.78, 5) is 0. The zero-order chi connectivity index (χ0) is 11.8. The highest BCUT2D eigenvalue weighted by atomic mass is 16.7. The van der Waals surface area contributed by atoms with Crippen molar-refractivity contribution in [3.8, 4) is 11.5 Å². The maximum absolute atomic E-state index is 7.32. The molecule has 14 heavy (non-hydrogen) atoms. The Labute approximate surface area is 86.6 Å². The second-order valence-electron chi connectivity index (χ2n) is 3.44. The summed E-state index contributed by atoms with van der Waals surface area (Å²) in [6.45, 7) is -0.00982. The molecule has 3 heteroatoms. The molecule has 0 bridgehead atoms. The molecule has 1 aromatic carbocycles. The van der Waals surface area contributed by atoms with E-state index < -0.39 is 6.75 Å². The molecule has 2 N–H and O–H groups in total. The molecule has 0 fully saturated rings. The predicted octanol–water partition coefficient (Wildman–Crippen LogP) is 1.70. The molecule has 1 aliphatic rings. The van der Waals surface area contributed by atoms with Gasteiger partial charge in [0.15, 0.2) is 11.5 Å². The molecule has 1 aliphatic heterocycles. The van der Waals surface area contributed by atoms with Gasteiger partial charge in [-0.05, 0) is 30.5 Å². The Morgan fingerprint density at radius 3 is 3.07 bits per heavy atom. The van der Waals surface area contributed by atoms with Crippen LogP contribution in [0.25, 0.3) is 0 Å². The predicted molar refractivity (Wildman–Crippen MR) is 54.5 cm³/mol. The molecule has 1 atom stereocenters. The summed E-state index contributed by atoms with van der Waals surface area (Å²) < 4.78 is 24.6. The summed E-state index contributed by atoms with van der Waals surface area (Å²) in [7, 11) is 0. The molecular formula is C11H15NO2. The summed E-state index contributed by atoms with van der Waals surface area (Å²) in [5, 5.41) is 0. The molecule has 2 rings (SSSR count). The van der Waals surface area contributed by atoms with Crippen LogP contribution in [0.15, 0.2) is 18.2 Å². The maximum atomic E-state index is 7.32. The topological polar surface area (TPSA) is 44.5 Å². The fraction of sp³-hybridized carbons (Fsp3) is 0.455. The summed E-state index contributed by atoms with van der Waals surface area (Å²) in [5.41, 5.74) is 6.89. The van der Waals surface area contributed by atoms with Crippen LogP contribution in [-0.4, -0.2) is 12.8 Å². The van der Waals surface area contributed by atoms with Crippen LogP contribution < -0.4 is 15.2 Å². The van der Waals surface area contributed by atoms with Gasteiger partial charge in [0.2, 0.25) is 6.75 Å². The molecule has 3 nitrogen and oxygen atoms in total. The van der Waals surface area contributed by atoms with Gasteiger partial charge in [-0.25, -0.2) is 0 Å². The third kappa shape index (κ3) is 1.82. The molecular weight excluding hydrogens is 178 g/mol. The first-order valence-electron chi connectivity index (χ1n) is 5.77. The zero-order valence-corrected chi connectivity index (χ0v) is 8.12. The van der Waals surface area contributed by atoms with E-state index in [9.17, 15) is 0 Å². The molecule has 0 saturated heterocycles. The quantitative estimate of drug-likeness (QED) is 0.798. The van der Waals surface area contributed by atoms with Crippen LogP contribution in [0.5, 0.6) is 11.5 Å². The van der Waals surface area contributed by atoms with Crippen molar-refractivity contribution in [3.63, 3.8) is 0 Å². The summed E-state index contributed by atoms with van der Waals surface area (Å²) in [6.07, 6.45) is 1.67. The van der Waals surface area contributed by atoms with E-state index in [0.29, 0.717) is 11.5 Å². The third-order valence-electron chi connectivity index (χ3n) is 2.33. The molecule has 0 aliphatic carbocycles. The lowest BCUT2D eigenvalue weighted by molar-refractivity contribution is 0.174. The van der Waals surface area contributed by atoms with Gasteiger partial charge in [-0.15, -0.1) is 0 Å². The van der Waals surface area contributed by atoms with E-state index >= 15 is 0 Å². The van der Waals surface area contributed by atoms with E-state index in [1.165, 1.54) is 0 Å². The van der Waals surface area contributed by atoms with Crippen LogP contribution in [-0.2, 0) is 6.42 Å². The van der Waals surface area contributed by atoms with Crippen molar-refractivity contribution in [2.75, 3.05) is 6.75 Å². The maximum Gasteiger partial charge on any atom is 0.231 e. The van der Waals surface area contributed by atoms with Gasteiger partial charge in [-0.2, -0.15) is 0 Å². The second-order valence-corrected chi connectivity index (χ2v) is 3.44. The lowest BCUT2D eigenvalue weighted by Crippen LogP contribution is -2.21. The van der Waals surface area contributed by atoms with Crippen molar-refractivity contribution in [1.29, 1.82) is 0 Å². The minimum atomic E-state index is -2.05. The van der Waals surface area contributed by atoms with Gasteiger partial charge in [0.25, 0.3) is 0 Å². The monoisotopic (exact) mass is 195 g/mol. The average molecular weight is 195 g/mol. The van der Waals surface area contributed by atoms with Gasteiger partial charge in [0.05, 0.1) is 0 Å². The molecule has 0 saturated carbocycles. The van der Waals surface area contributed by atoms with Gasteiger partial charge < -0.3 is 15.2 Å². The molecule has 0 radical (unpaired) electrons. The standard InChI is InChI=1S/C11H15NO2/c1-2-9(12)5-8-3-4-10-11(6-8)14-7-13-10/h3-4,6,9H,2,5,7,12H2,1H3/i7D2. The first-order chi connectivity index (χ1) is 7.50. The first-order valence-corrected chi connectivity index (χ1v) is 4.77. The summed E-state index contributed by atoms with van der Waals surface area (Å²) in [5.74, 6) is 0.893. The number of benzene rings is 1. The van der Waals surface area contributed by atoms with Gasteiger partial charge in [-0.3, -0.25) is 0 Å². The molecule has 0 amide bonds. The average Bonchev–Trinajstić information content (AvgIpc) is 2.51. The Balaban J connectivity index is 2.16. The summed E-state index contributed by atoms with van der Waals surface area (Å²) >= 11 is 0. The first kappa shape index (κ1) is 7.12. The highest BCUT2D eigenvalue weighted by Crippen LogP contribution is 2.32.